The van der Waals surface area contributed by atoms with Gasteiger partial charge in [-0.2, -0.15) is 4.68 Å². The molecule has 5 nitrogen and oxygen atoms in total. The fourth-order valence-corrected chi connectivity index (χ4v) is 2.33. The zero-order valence-electron chi connectivity index (χ0n) is 10.9. The van der Waals surface area contributed by atoms with E-state index in [1.807, 2.05) is 24.3 Å². The molecule has 0 aliphatic carbocycles. The molecule has 21 heavy (non-hydrogen) atoms. The Balaban J connectivity index is 1.80. The van der Waals surface area contributed by atoms with Crippen molar-refractivity contribution in [3.05, 3.63) is 64.6 Å². The van der Waals surface area contributed by atoms with Gasteiger partial charge >= 0.3 is 0 Å². The summed E-state index contributed by atoms with van der Waals surface area (Å²) < 4.78 is 15.4. The number of halogens is 2. The SMILES string of the molecule is Fc1ccc(NCc2nnnn2-c2ccccc2Br)cc1. The fourth-order valence-electron chi connectivity index (χ4n) is 1.88. The molecular weight excluding hydrogens is 337 g/mol. The van der Waals surface area contributed by atoms with Crippen molar-refractivity contribution >= 4 is 21.6 Å². The number of anilines is 1. The zero-order valence-corrected chi connectivity index (χ0v) is 12.5. The minimum Gasteiger partial charge on any atom is -0.378 e. The lowest BCUT2D eigenvalue weighted by Gasteiger charge is -2.08. The maximum absolute atomic E-state index is 12.9. The Morgan fingerprint density at radius 1 is 1.10 bits per heavy atom. The second kappa shape index (κ2) is 6.01. The molecule has 1 N–H and O–H groups in total. The summed E-state index contributed by atoms with van der Waals surface area (Å²) in [4.78, 5) is 0. The smallest absolute Gasteiger partial charge is 0.175 e. The van der Waals surface area contributed by atoms with Crippen molar-refractivity contribution in [3.8, 4) is 5.69 Å². The predicted octanol–water partition coefficient (Wildman–Crippen LogP) is 3.18. The molecule has 3 aromatic rings. The molecule has 2 aromatic carbocycles. The molecule has 0 unspecified atom stereocenters. The van der Waals surface area contributed by atoms with Gasteiger partial charge in [0.2, 0.25) is 0 Å². The highest BCUT2D eigenvalue weighted by molar-refractivity contribution is 9.10. The van der Waals surface area contributed by atoms with Crippen LogP contribution in [0.3, 0.4) is 0 Å². The second-order valence-corrected chi connectivity index (χ2v) is 5.17. The number of nitrogens with zero attached hydrogens (tertiary/aromatic N) is 4. The molecule has 0 amide bonds. The molecular formula is C14H11BrFN5. The third-order valence-corrected chi connectivity index (χ3v) is 3.58. The number of rotatable bonds is 4. The summed E-state index contributed by atoms with van der Waals surface area (Å²) in [6, 6.07) is 13.8. The van der Waals surface area contributed by atoms with E-state index in [1.165, 1.54) is 12.1 Å². The topological polar surface area (TPSA) is 55.6 Å². The third-order valence-electron chi connectivity index (χ3n) is 2.91. The normalized spacial score (nSPS) is 10.6. The minimum absolute atomic E-state index is 0.265. The minimum atomic E-state index is -0.265. The summed E-state index contributed by atoms with van der Waals surface area (Å²) in [5, 5.41) is 14.9. The molecule has 1 aromatic heterocycles. The van der Waals surface area contributed by atoms with Gasteiger partial charge in [-0.3, -0.25) is 0 Å². The number of para-hydroxylation sites is 1. The van der Waals surface area contributed by atoms with Crippen LogP contribution >= 0.6 is 15.9 Å². The van der Waals surface area contributed by atoms with Crippen molar-refractivity contribution in [1.29, 1.82) is 0 Å². The summed E-state index contributed by atoms with van der Waals surface area (Å²) in [5.41, 5.74) is 1.66. The van der Waals surface area contributed by atoms with Crippen molar-refractivity contribution < 1.29 is 4.39 Å². The van der Waals surface area contributed by atoms with E-state index in [2.05, 4.69) is 36.8 Å². The van der Waals surface area contributed by atoms with Crippen LogP contribution in [-0.4, -0.2) is 20.2 Å². The molecule has 0 radical (unpaired) electrons. The Morgan fingerprint density at radius 2 is 1.86 bits per heavy atom. The van der Waals surface area contributed by atoms with E-state index in [4.69, 9.17) is 0 Å². The Kier molecular flexibility index (Phi) is 3.92. The fraction of sp³-hybridized carbons (Fsp3) is 0.0714. The summed E-state index contributed by atoms with van der Waals surface area (Å²) in [5.74, 6) is 0.393. The first kappa shape index (κ1) is 13.7. The van der Waals surface area contributed by atoms with E-state index in [1.54, 1.807) is 16.8 Å². The number of aromatic nitrogens is 4. The first-order chi connectivity index (χ1) is 10.2. The largest absolute Gasteiger partial charge is 0.378 e. The average Bonchev–Trinajstić information content (AvgIpc) is 2.95. The van der Waals surface area contributed by atoms with Crippen LogP contribution in [0.5, 0.6) is 0 Å². The number of benzene rings is 2. The number of hydrogen-bond acceptors (Lipinski definition) is 4. The van der Waals surface area contributed by atoms with Crippen LogP contribution in [0.25, 0.3) is 5.69 Å². The molecule has 0 saturated heterocycles. The molecule has 0 saturated carbocycles. The van der Waals surface area contributed by atoms with E-state index in [9.17, 15) is 4.39 Å². The molecule has 0 aliphatic rings. The third kappa shape index (κ3) is 3.08. The van der Waals surface area contributed by atoms with Crippen molar-refractivity contribution in [2.24, 2.45) is 0 Å². The van der Waals surface area contributed by atoms with Gasteiger partial charge in [0.25, 0.3) is 0 Å². The van der Waals surface area contributed by atoms with Crippen molar-refractivity contribution in [2.45, 2.75) is 6.54 Å². The van der Waals surface area contributed by atoms with Crippen LogP contribution < -0.4 is 5.32 Å². The van der Waals surface area contributed by atoms with Gasteiger partial charge in [0.05, 0.1) is 12.2 Å². The molecule has 0 bridgehead atoms. The highest BCUT2D eigenvalue weighted by Gasteiger charge is 2.10. The molecule has 1 heterocycles. The maximum atomic E-state index is 12.9. The van der Waals surface area contributed by atoms with Crippen molar-refractivity contribution in [1.82, 2.24) is 20.2 Å². The standard InChI is InChI=1S/C14H11BrFN5/c15-12-3-1-2-4-13(12)21-14(18-19-20-21)9-17-11-7-5-10(16)6-8-11/h1-8,17H,9H2. The predicted molar refractivity (Wildman–Crippen MR) is 80.6 cm³/mol. The molecule has 3 rings (SSSR count). The van der Waals surface area contributed by atoms with E-state index in [0.29, 0.717) is 12.4 Å². The molecule has 106 valence electrons. The lowest BCUT2D eigenvalue weighted by molar-refractivity contribution is 0.628. The number of nitrogens with one attached hydrogen (secondary N) is 1. The molecule has 0 fully saturated rings. The van der Waals surface area contributed by atoms with Gasteiger partial charge in [-0.15, -0.1) is 5.10 Å². The Bertz CT molecular complexity index is 741. The number of tetrazole rings is 1. The quantitative estimate of drug-likeness (QED) is 0.787. The van der Waals surface area contributed by atoms with E-state index >= 15 is 0 Å². The maximum Gasteiger partial charge on any atom is 0.175 e. The monoisotopic (exact) mass is 347 g/mol. The van der Waals surface area contributed by atoms with Gasteiger partial charge in [0.15, 0.2) is 5.82 Å². The summed E-state index contributed by atoms with van der Waals surface area (Å²) in [6.45, 7) is 0.431. The van der Waals surface area contributed by atoms with Gasteiger partial charge in [-0.1, -0.05) is 12.1 Å². The summed E-state index contributed by atoms with van der Waals surface area (Å²) in [6.07, 6.45) is 0. The summed E-state index contributed by atoms with van der Waals surface area (Å²) in [7, 11) is 0. The van der Waals surface area contributed by atoms with E-state index < -0.39 is 0 Å². The molecule has 7 heteroatoms. The second-order valence-electron chi connectivity index (χ2n) is 4.32. The first-order valence-corrected chi connectivity index (χ1v) is 7.05. The highest BCUT2D eigenvalue weighted by Crippen LogP contribution is 2.20. The Labute approximate surface area is 128 Å². The highest BCUT2D eigenvalue weighted by atomic mass is 79.9. The lowest BCUT2D eigenvalue weighted by Crippen LogP contribution is -2.09. The van der Waals surface area contributed by atoms with Gasteiger partial charge in [-0.05, 0) is 62.8 Å². The Morgan fingerprint density at radius 3 is 2.62 bits per heavy atom. The Hall–Kier alpha value is -2.28. The first-order valence-electron chi connectivity index (χ1n) is 6.25. The average molecular weight is 348 g/mol. The molecule has 0 atom stereocenters. The van der Waals surface area contributed by atoms with Crippen molar-refractivity contribution in [3.63, 3.8) is 0 Å². The number of hydrogen-bond donors (Lipinski definition) is 1. The van der Waals surface area contributed by atoms with Gasteiger partial charge in [0.1, 0.15) is 5.82 Å². The molecule has 0 spiro atoms. The van der Waals surface area contributed by atoms with Gasteiger partial charge in [-0.25, -0.2) is 4.39 Å². The van der Waals surface area contributed by atoms with Crippen LogP contribution in [0, 0.1) is 5.82 Å². The van der Waals surface area contributed by atoms with Crippen LogP contribution in [-0.2, 0) is 6.54 Å². The van der Waals surface area contributed by atoms with Crippen LogP contribution in [0.2, 0.25) is 0 Å². The zero-order chi connectivity index (χ0) is 14.7. The van der Waals surface area contributed by atoms with E-state index in [0.717, 1.165) is 15.8 Å². The lowest BCUT2D eigenvalue weighted by atomic mass is 10.3. The van der Waals surface area contributed by atoms with Gasteiger partial charge in [0, 0.05) is 10.2 Å². The van der Waals surface area contributed by atoms with Crippen LogP contribution in [0.15, 0.2) is 53.0 Å². The summed E-state index contributed by atoms with van der Waals surface area (Å²) >= 11 is 3.48. The van der Waals surface area contributed by atoms with Crippen LogP contribution in [0.1, 0.15) is 5.82 Å². The molecule has 0 aliphatic heterocycles. The van der Waals surface area contributed by atoms with Crippen LogP contribution in [0.4, 0.5) is 10.1 Å². The van der Waals surface area contributed by atoms with Crippen molar-refractivity contribution in [2.75, 3.05) is 5.32 Å². The van der Waals surface area contributed by atoms with E-state index in [-0.39, 0.29) is 5.82 Å². The van der Waals surface area contributed by atoms with Gasteiger partial charge < -0.3 is 5.32 Å².